The Labute approximate surface area is 328 Å². The van der Waals surface area contributed by atoms with Crippen molar-refractivity contribution in [2.45, 2.75) is 69.7 Å². The van der Waals surface area contributed by atoms with Crippen LogP contribution in [0, 0.1) is 29.0 Å². The van der Waals surface area contributed by atoms with Crippen LogP contribution in [-0.2, 0) is 20.6 Å². The molecule has 0 bridgehead atoms. The highest BCUT2D eigenvalue weighted by Crippen LogP contribution is 2.36. The van der Waals surface area contributed by atoms with Crippen molar-refractivity contribution in [1.82, 2.24) is 15.2 Å². The summed E-state index contributed by atoms with van der Waals surface area (Å²) in [5.74, 6) is 0.0254. The number of piperidine rings is 4. The van der Waals surface area contributed by atoms with Crippen LogP contribution in [0.15, 0.2) is 54.7 Å². The van der Waals surface area contributed by atoms with Crippen LogP contribution in [0.5, 0.6) is 5.75 Å². The standard InChI is InChI=1S/C41H46F4N8O4/c42-34-21-29(48-35-5-8-38(54)50-40(35)56)2-6-36(34)53-17-9-26(10-18-53)25-51-15-13-31(14-16-51)57-32-4-7-37(47-24-32)49-39(55)27-11-19-52(20-12-27)30-3-1-28(23-46)33(22-30)41(43,44)45/h1-4,6-7,21-22,24,26-27,31,35,48H,5,8-20,25H2,(H,47,49,55)(H,50,54,56)/t35-/m0/s1. The topological polar surface area (TPSA) is 143 Å². The summed E-state index contributed by atoms with van der Waals surface area (Å²) in [5.41, 5.74) is 0.0699. The minimum atomic E-state index is -4.63. The Balaban J connectivity index is 0.796. The number of anilines is 4. The normalized spacial score (nSPS) is 20.5. The molecule has 4 saturated heterocycles. The summed E-state index contributed by atoms with van der Waals surface area (Å²) in [6.07, 6.45) is 2.27. The Bertz CT molecular complexity index is 1970. The maximum absolute atomic E-state index is 15.1. The van der Waals surface area contributed by atoms with Crippen LogP contribution in [0.1, 0.15) is 62.5 Å². The van der Waals surface area contributed by atoms with Crippen molar-refractivity contribution >= 4 is 40.6 Å². The van der Waals surface area contributed by atoms with Gasteiger partial charge in [0.05, 0.1) is 29.1 Å². The van der Waals surface area contributed by atoms with E-state index in [1.54, 1.807) is 41.4 Å². The minimum Gasteiger partial charge on any atom is -0.489 e. The zero-order valence-corrected chi connectivity index (χ0v) is 31.5. The average Bonchev–Trinajstić information content (AvgIpc) is 3.20. The first-order valence-electron chi connectivity index (χ1n) is 19.6. The van der Waals surface area contributed by atoms with E-state index >= 15 is 4.39 Å². The summed E-state index contributed by atoms with van der Waals surface area (Å²) in [5, 5.41) is 17.3. The molecule has 3 amide bonds. The highest BCUT2D eigenvalue weighted by molar-refractivity contribution is 6.01. The number of pyridine rings is 1. The molecule has 3 N–H and O–H groups in total. The maximum atomic E-state index is 15.1. The van der Waals surface area contributed by atoms with Crippen LogP contribution >= 0.6 is 0 Å². The van der Waals surface area contributed by atoms with E-state index in [0.29, 0.717) is 66.9 Å². The molecule has 7 rings (SSSR count). The molecular formula is C41H46F4N8O4. The molecule has 4 fully saturated rings. The first-order chi connectivity index (χ1) is 27.4. The van der Waals surface area contributed by atoms with Gasteiger partial charge < -0.3 is 30.1 Å². The fraction of sp³-hybridized carbons (Fsp3) is 0.488. The molecule has 0 unspecified atom stereocenters. The van der Waals surface area contributed by atoms with Crippen LogP contribution in [0.2, 0.25) is 0 Å². The molecule has 0 spiro atoms. The van der Waals surface area contributed by atoms with Crippen molar-refractivity contribution in [3.8, 4) is 11.8 Å². The lowest BCUT2D eigenvalue weighted by Gasteiger charge is -2.38. The molecular weight excluding hydrogens is 744 g/mol. The van der Waals surface area contributed by atoms with Gasteiger partial charge in [-0.15, -0.1) is 0 Å². The summed E-state index contributed by atoms with van der Waals surface area (Å²) < 4.78 is 61.7. The summed E-state index contributed by atoms with van der Waals surface area (Å²) in [6, 6.07) is 13.2. The van der Waals surface area contributed by atoms with Crippen LogP contribution in [0.3, 0.4) is 0 Å². The van der Waals surface area contributed by atoms with Crippen molar-refractivity contribution in [2.75, 3.05) is 66.2 Å². The number of aromatic nitrogens is 1. The lowest BCUT2D eigenvalue weighted by atomic mass is 9.94. The summed E-state index contributed by atoms with van der Waals surface area (Å²) >= 11 is 0. The number of alkyl halides is 3. The number of ether oxygens (including phenoxy) is 1. The molecule has 302 valence electrons. The molecule has 1 atom stereocenters. The van der Waals surface area contributed by atoms with Gasteiger partial charge in [0.1, 0.15) is 29.5 Å². The average molecular weight is 791 g/mol. The number of carbonyl (C=O) groups is 3. The zero-order valence-electron chi connectivity index (χ0n) is 31.5. The van der Waals surface area contributed by atoms with Crippen LogP contribution < -0.4 is 30.5 Å². The van der Waals surface area contributed by atoms with Gasteiger partial charge in [-0.25, -0.2) is 9.37 Å². The third-order valence-electron chi connectivity index (χ3n) is 11.5. The van der Waals surface area contributed by atoms with Crippen molar-refractivity contribution < 1.29 is 36.7 Å². The van der Waals surface area contributed by atoms with Crippen molar-refractivity contribution in [3.63, 3.8) is 0 Å². The smallest absolute Gasteiger partial charge is 0.417 e. The van der Waals surface area contributed by atoms with E-state index < -0.39 is 29.3 Å². The second kappa shape index (κ2) is 17.4. The van der Waals surface area contributed by atoms with Crippen molar-refractivity contribution in [2.24, 2.45) is 11.8 Å². The van der Waals surface area contributed by atoms with Gasteiger partial charge in [-0.3, -0.25) is 19.7 Å². The number of amides is 3. The number of hydrogen-bond donors (Lipinski definition) is 3. The number of nitrogens with zero attached hydrogens (tertiary/aromatic N) is 5. The molecule has 4 aliphatic heterocycles. The molecule has 1 aromatic heterocycles. The summed E-state index contributed by atoms with van der Waals surface area (Å²) in [6.45, 7) is 5.16. The molecule has 0 radical (unpaired) electrons. The SMILES string of the molecule is N#Cc1ccc(N2CCC(C(=O)Nc3ccc(OC4CCN(CC5CCN(c6ccc(N[C@H]7CCC(=O)NC7=O)cc6F)CC5)CC4)cn3)CC2)cc1C(F)(F)F. The number of imide groups is 1. The molecule has 4 aliphatic rings. The van der Waals surface area contributed by atoms with Gasteiger partial charge in [0, 0.05) is 69.5 Å². The predicted molar refractivity (Wildman–Crippen MR) is 205 cm³/mol. The largest absolute Gasteiger partial charge is 0.489 e. The first kappa shape index (κ1) is 39.8. The Morgan fingerprint density at radius 1 is 0.912 bits per heavy atom. The van der Waals surface area contributed by atoms with E-state index in [-0.39, 0.29) is 36.1 Å². The van der Waals surface area contributed by atoms with Gasteiger partial charge >= 0.3 is 6.18 Å². The Hall–Kier alpha value is -5.43. The van der Waals surface area contributed by atoms with Crippen LogP contribution in [0.25, 0.3) is 0 Å². The van der Waals surface area contributed by atoms with Crippen LogP contribution in [-0.4, -0.2) is 85.6 Å². The van der Waals surface area contributed by atoms with Gasteiger partial charge in [-0.1, -0.05) is 0 Å². The third kappa shape index (κ3) is 9.94. The molecule has 0 aliphatic carbocycles. The monoisotopic (exact) mass is 790 g/mol. The maximum Gasteiger partial charge on any atom is 0.417 e. The Morgan fingerprint density at radius 3 is 2.30 bits per heavy atom. The van der Waals surface area contributed by atoms with Crippen molar-refractivity contribution in [1.29, 1.82) is 5.26 Å². The lowest BCUT2D eigenvalue weighted by molar-refractivity contribution is -0.138. The Kier molecular flexibility index (Phi) is 12.1. The number of halogens is 4. The van der Waals surface area contributed by atoms with Gasteiger partial charge in [-0.05, 0) is 99.4 Å². The molecule has 0 saturated carbocycles. The molecule has 57 heavy (non-hydrogen) atoms. The molecule has 2 aromatic carbocycles. The van der Waals surface area contributed by atoms with Crippen molar-refractivity contribution in [3.05, 3.63) is 71.7 Å². The van der Waals surface area contributed by atoms with E-state index in [1.165, 1.54) is 18.2 Å². The second-order valence-corrected chi connectivity index (χ2v) is 15.3. The highest BCUT2D eigenvalue weighted by Gasteiger charge is 2.35. The number of likely N-dealkylation sites (tertiary alicyclic amines) is 1. The number of carbonyl (C=O) groups excluding carboxylic acids is 3. The van der Waals surface area contributed by atoms with Gasteiger partial charge in [0.15, 0.2) is 0 Å². The van der Waals surface area contributed by atoms with E-state index in [2.05, 4.69) is 30.7 Å². The number of hydrogen-bond acceptors (Lipinski definition) is 10. The number of nitrogens with one attached hydrogen (secondary N) is 3. The Morgan fingerprint density at radius 2 is 1.65 bits per heavy atom. The summed E-state index contributed by atoms with van der Waals surface area (Å²) in [4.78, 5) is 47.2. The highest BCUT2D eigenvalue weighted by atomic mass is 19.4. The van der Waals surface area contributed by atoms with E-state index in [9.17, 15) is 27.6 Å². The summed E-state index contributed by atoms with van der Waals surface area (Å²) in [7, 11) is 0. The molecule has 12 nitrogen and oxygen atoms in total. The van der Waals surface area contributed by atoms with Gasteiger partial charge in [0.2, 0.25) is 17.7 Å². The number of benzene rings is 2. The minimum absolute atomic E-state index is 0.0502. The number of rotatable bonds is 10. The quantitative estimate of drug-likeness (QED) is 0.167. The fourth-order valence-corrected chi connectivity index (χ4v) is 8.22. The predicted octanol–water partition coefficient (Wildman–Crippen LogP) is 5.94. The molecule has 3 aromatic rings. The third-order valence-corrected chi connectivity index (χ3v) is 11.5. The van der Waals surface area contributed by atoms with E-state index in [0.717, 1.165) is 64.5 Å². The zero-order chi connectivity index (χ0) is 40.1. The number of nitriles is 1. The van der Waals surface area contributed by atoms with Gasteiger partial charge in [-0.2, -0.15) is 18.4 Å². The fourth-order valence-electron chi connectivity index (χ4n) is 8.22. The van der Waals surface area contributed by atoms with E-state index in [1.807, 2.05) is 0 Å². The first-order valence-corrected chi connectivity index (χ1v) is 19.6. The second-order valence-electron chi connectivity index (χ2n) is 15.3. The lowest BCUT2D eigenvalue weighted by Crippen LogP contribution is -2.47. The van der Waals surface area contributed by atoms with Crippen LogP contribution in [0.4, 0.5) is 40.4 Å². The van der Waals surface area contributed by atoms with E-state index in [4.69, 9.17) is 10.00 Å². The molecule has 16 heteroatoms. The van der Waals surface area contributed by atoms with Gasteiger partial charge in [0.25, 0.3) is 0 Å². The molecule has 5 heterocycles.